The molecular weight excluding hydrogens is 384 g/mol. The molecule has 0 aromatic heterocycles. The van der Waals surface area contributed by atoms with E-state index in [1.54, 1.807) is 22.3 Å². The Morgan fingerprint density at radius 1 is 0.562 bits per heavy atom. The summed E-state index contributed by atoms with van der Waals surface area (Å²) in [5.41, 5.74) is 6.46. The van der Waals surface area contributed by atoms with Gasteiger partial charge in [0, 0.05) is 0 Å². The molecule has 182 valence electrons. The summed E-state index contributed by atoms with van der Waals surface area (Å²) in [6.45, 7) is 19.7. The molecule has 0 N–H and O–H groups in total. The smallest absolute Gasteiger partial charge is 0.0245 e. The third kappa shape index (κ3) is 5.64. The second-order valence-electron chi connectivity index (χ2n) is 12.3. The molecule has 0 heteroatoms. The van der Waals surface area contributed by atoms with E-state index < -0.39 is 0 Å². The first kappa shape index (κ1) is 25.8. The Morgan fingerprint density at radius 3 is 1.22 bits per heavy atom. The van der Waals surface area contributed by atoms with Crippen LogP contribution in [0.1, 0.15) is 115 Å². The maximum absolute atomic E-state index is 2.55. The standard InChI is InChI=1S/C32H54/c1-9-11-27-13-15-29(23(5)21(27)3)19-31-17-18-32(26(8)25(31)7)20-30-16-14-28(12-10-2)22(4)24(30)6/h17-18,21-24,27-30H,9-16,19-20H2,1-8H3. The molecule has 2 fully saturated rings. The Morgan fingerprint density at radius 2 is 0.875 bits per heavy atom. The molecule has 2 aliphatic rings. The molecule has 2 aliphatic carbocycles. The second kappa shape index (κ2) is 11.6. The van der Waals surface area contributed by atoms with Crippen LogP contribution in [0.3, 0.4) is 0 Å². The fourth-order valence-corrected chi connectivity index (χ4v) is 7.70. The summed E-state index contributed by atoms with van der Waals surface area (Å²) in [7, 11) is 0. The predicted octanol–water partition coefficient (Wildman–Crippen LogP) is 9.59. The predicted molar refractivity (Wildman–Crippen MR) is 142 cm³/mol. The van der Waals surface area contributed by atoms with Crippen molar-refractivity contribution in [1.82, 2.24) is 0 Å². The van der Waals surface area contributed by atoms with Crippen LogP contribution in [-0.2, 0) is 12.8 Å². The van der Waals surface area contributed by atoms with Crippen molar-refractivity contribution >= 4 is 0 Å². The molecule has 0 amide bonds. The highest BCUT2D eigenvalue weighted by molar-refractivity contribution is 5.40. The van der Waals surface area contributed by atoms with Gasteiger partial charge in [-0.3, -0.25) is 0 Å². The van der Waals surface area contributed by atoms with Crippen molar-refractivity contribution in [3.8, 4) is 0 Å². The summed E-state index contributed by atoms with van der Waals surface area (Å²) >= 11 is 0. The molecule has 32 heavy (non-hydrogen) atoms. The zero-order valence-corrected chi connectivity index (χ0v) is 22.8. The molecule has 0 bridgehead atoms. The fourth-order valence-electron chi connectivity index (χ4n) is 7.70. The van der Waals surface area contributed by atoms with Gasteiger partial charge in [-0.15, -0.1) is 0 Å². The average molecular weight is 439 g/mol. The van der Waals surface area contributed by atoms with Crippen molar-refractivity contribution in [2.24, 2.45) is 47.3 Å². The third-order valence-electron chi connectivity index (χ3n) is 10.7. The van der Waals surface area contributed by atoms with E-state index in [4.69, 9.17) is 0 Å². The van der Waals surface area contributed by atoms with Crippen LogP contribution in [0, 0.1) is 61.2 Å². The van der Waals surface area contributed by atoms with Crippen molar-refractivity contribution in [1.29, 1.82) is 0 Å². The van der Waals surface area contributed by atoms with Crippen molar-refractivity contribution in [2.75, 3.05) is 0 Å². The van der Waals surface area contributed by atoms with Crippen molar-refractivity contribution in [2.45, 2.75) is 120 Å². The highest BCUT2D eigenvalue weighted by Crippen LogP contribution is 2.44. The van der Waals surface area contributed by atoms with E-state index in [1.165, 1.54) is 64.2 Å². The lowest BCUT2D eigenvalue weighted by Crippen LogP contribution is -2.33. The lowest BCUT2D eigenvalue weighted by molar-refractivity contribution is 0.108. The van der Waals surface area contributed by atoms with Crippen LogP contribution >= 0.6 is 0 Å². The van der Waals surface area contributed by atoms with Gasteiger partial charge in [0.05, 0.1) is 0 Å². The molecule has 8 unspecified atom stereocenters. The lowest BCUT2D eigenvalue weighted by Gasteiger charge is -2.41. The first-order valence-corrected chi connectivity index (χ1v) is 14.4. The summed E-state index contributed by atoms with van der Waals surface area (Å²) < 4.78 is 0. The summed E-state index contributed by atoms with van der Waals surface area (Å²) in [5, 5.41) is 0. The van der Waals surface area contributed by atoms with Crippen molar-refractivity contribution in [3.63, 3.8) is 0 Å². The lowest BCUT2D eigenvalue weighted by atomic mass is 9.64. The number of hydrogen-bond donors (Lipinski definition) is 0. The Labute approximate surface area is 201 Å². The minimum absolute atomic E-state index is 0.861. The summed E-state index contributed by atoms with van der Waals surface area (Å²) in [5.74, 6) is 7.18. The molecule has 0 heterocycles. The highest BCUT2D eigenvalue weighted by atomic mass is 14.4. The minimum atomic E-state index is 0.861. The molecule has 0 nitrogen and oxygen atoms in total. The first-order valence-electron chi connectivity index (χ1n) is 14.4. The van der Waals surface area contributed by atoms with Gasteiger partial charge in [-0.1, -0.05) is 79.4 Å². The SMILES string of the molecule is CCCC1CCC(Cc2ccc(CC3CCC(CCC)C(C)C3C)c(C)c2C)C(C)C1C. The van der Waals surface area contributed by atoms with Crippen LogP contribution in [0.4, 0.5) is 0 Å². The number of rotatable bonds is 8. The maximum atomic E-state index is 2.55. The molecule has 0 radical (unpaired) electrons. The topological polar surface area (TPSA) is 0 Å². The largest absolute Gasteiger partial charge is 0.0654 e. The van der Waals surface area contributed by atoms with Gasteiger partial charge in [0.1, 0.15) is 0 Å². The minimum Gasteiger partial charge on any atom is -0.0654 e. The molecule has 1 aromatic carbocycles. The quantitative estimate of drug-likeness (QED) is 0.379. The normalized spacial score (nSPS) is 35.8. The molecule has 0 aliphatic heterocycles. The molecular formula is C32H54. The van der Waals surface area contributed by atoms with E-state index in [-0.39, 0.29) is 0 Å². The van der Waals surface area contributed by atoms with Gasteiger partial charge in [-0.2, -0.15) is 0 Å². The molecule has 1 aromatic rings. The first-order chi connectivity index (χ1) is 15.3. The highest BCUT2D eigenvalue weighted by Gasteiger charge is 2.35. The average Bonchev–Trinajstić information content (AvgIpc) is 2.78. The molecule has 0 spiro atoms. The fraction of sp³-hybridized carbons (Fsp3) is 0.812. The van der Waals surface area contributed by atoms with Crippen LogP contribution < -0.4 is 0 Å². The van der Waals surface area contributed by atoms with E-state index in [0.29, 0.717) is 0 Å². The van der Waals surface area contributed by atoms with E-state index in [9.17, 15) is 0 Å². The van der Waals surface area contributed by atoms with Gasteiger partial charge in [0.2, 0.25) is 0 Å². The molecule has 0 saturated heterocycles. The van der Waals surface area contributed by atoms with Gasteiger partial charge in [-0.05, 0) is 122 Å². The van der Waals surface area contributed by atoms with Gasteiger partial charge in [0.25, 0.3) is 0 Å². The van der Waals surface area contributed by atoms with E-state index >= 15 is 0 Å². The van der Waals surface area contributed by atoms with Crippen LogP contribution in [0.5, 0.6) is 0 Å². The van der Waals surface area contributed by atoms with Crippen LogP contribution in [0.15, 0.2) is 12.1 Å². The number of benzene rings is 1. The van der Waals surface area contributed by atoms with E-state index in [2.05, 4.69) is 67.5 Å². The van der Waals surface area contributed by atoms with Gasteiger partial charge in [-0.25, -0.2) is 0 Å². The summed E-state index contributed by atoms with van der Waals surface area (Å²) in [6, 6.07) is 5.04. The molecule has 8 atom stereocenters. The Kier molecular flexibility index (Phi) is 9.34. The van der Waals surface area contributed by atoms with Crippen LogP contribution in [0.2, 0.25) is 0 Å². The summed E-state index contributed by atoms with van der Waals surface area (Å²) in [4.78, 5) is 0. The molecule has 2 saturated carbocycles. The Bertz CT molecular complexity index is 654. The summed E-state index contributed by atoms with van der Waals surface area (Å²) in [6.07, 6.45) is 14.0. The monoisotopic (exact) mass is 438 g/mol. The van der Waals surface area contributed by atoms with Gasteiger partial charge < -0.3 is 0 Å². The maximum Gasteiger partial charge on any atom is -0.0245 e. The second-order valence-corrected chi connectivity index (χ2v) is 12.3. The van der Waals surface area contributed by atoms with E-state index in [1.807, 2.05) is 0 Å². The van der Waals surface area contributed by atoms with Crippen molar-refractivity contribution < 1.29 is 0 Å². The van der Waals surface area contributed by atoms with Crippen molar-refractivity contribution in [3.05, 3.63) is 34.4 Å². The van der Waals surface area contributed by atoms with E-state index in [0.717, 1.165) is 47.3 Å². The van der Waals surface area contributed by atoms with Gasteiger partial charge in [0.15, 0.2) is 0 Å². The Balaban J connectivity index is 1.66. The number of hydrogen-bond acceptors (Lipinski definition) is 0. The molecule has 3 rings (SSSR count). The van der Waals surface area contributed by atoms with Gasteiger partial charge >= 0.3 is 0 Å². The van der Waals surface area contributed by atoms with Crippen LogP contribution in [-0.4, -0.2) is 0 Å². The zero-order valence-electron chi connectivity index (χ0n) is 22.8. The third-order valence-corrected chi connectivity index (χ3v) is 10.7. The Hall–Kier alpha value is -0.780. The zero-order chi connectivity index (χ0) is 23.4. The van der Waals surface area contributed by atoms with Crippen LogP contribution in [0.25, 0.3) is 0 Å².